The first-order valence-electron chi connectivity index (χ1n) is 9.11. The third-order valence-electron chi connectivity index (χ3n) is 4.67. The molecule has 2 aromatic rings. The number of benzene rings is 2. The van der Waals surface area contributed by atoms with Crippen LogP contribution in [0.2, 0.25) is 0 Å². The van der Waals surface area contributed by atoms with Gasteiger partial charge >= 0.3 is 0 Å². The Kier molecular flexibility index (Phi) is 6.14. The number of halogens is 1. The van der Waals surface area contributed by atoms with Crippen molar-refractivity contribution in [1.82, 2.24) is 4.90 Å². The number of nitrogens with one attached hydrogen (secondary N) is 2. The molecule has 0 aromatic heterocycles. The van der Waals surface area contributed by atoms with Crippen LogP contribution in [0, 0.1) is 5.92 Å². The third kappa shape index (κ3) is 4.78. The molecule has 1 heterocycles. The summed E-state index contributed by atoms with van der Waals surface area (Å²) in [5.74, 6) is -0.747. The van der Waals surface area contributed by atoms with E-state index in [9.17, 15) is 14.4 Å². The number of rotatable bonds is 5. The zero-order valence-corrected chi connectivity index (χ0v) is 17.3. The molecule has 146 valence electrons. The molecule has 1 saturated heterocycles. The van der Waals surface area contributed by atoms with E-state index in [4.69, 9.17) is 0 Å². The van der Waals surface area contributed by atoms with Gasteiger partial charge in [0, 0.05) is 40.4 Å². The van der Waals surface area contributed by atoms with Crippen molar-refractivity contribution in [2.24, 2.45) is 5.92 Å². The fourth-order valence-corrected chi connectivity index (χ4v) is 3.36. The minimum absolute atomic E-state index is 0.00936. The van der Waals surface area contributed by atoms with E-state index in [0.717, 1.165) is 4.47 Å². The van der Waals surface area contributed by atoms with Crippen molar-refractivity contribution < 1.29 is 14.4 Å². The monoisotopic (exact) mass is 443 g/mol. The largest absolute Gasteiger partial charge is 0.339 e. The van der Waals surface area contributed by atoms with Crippen molar-refractivity contribution in [3.63, 3.8) is 0 Å². The van der Waals surface area contributed by atoms with Crippen molar-refractivity contribution in [2.75, 3.05) is 17.2 Å². The second-order valence-corrected chi connectivity index (χ2v) is 7.98. The lowest BCUT2D eigenvalue weighted by atomic mass is 10.1. The van der Waals surface area contributed by atoms with Crippen LogP contribution >= 0.6 is 15.9 Å². The highest BCUT2D eigenvalue weighted by atomic mass is 79.9. The molecule has 3 rings (SSSR count). The zero-order chi connectivity index (χ0) is 20.3. The van der Waals surface area contributed by atoms with Crippen LogP contribution in [0.3, 0.4) is 0 Å². The summed E-state index contributed by atoms with van der Waals surface area (Å²) in [6.45, 7) is 4.32. The Morgan fingerprint density at radius 1 is 1.00 bits per heavy atom. The van der Waals surface area contributed by atoms with Crippen LogP contribution in [0.25, 0.3) is 0 Å². The minimum atomic E-state index is -0.352. The van der Waals surface area contributed by atoms with Gasteiger partial charge in [0.25, 0.3) is 5.91 Å². The van der Waals surface area contributed by atoms with E-state index >= 15 is 0 Å². The number of likely N-dealkylation sites (tertiary alicyclic amines) is 1. The van der Waals surface area contributed by atoms with Crippen molar-refractivity contribution in [2.45, 2.75) is 26.3 Å². The highest BCUT2D eigenvalue weighted by Crippen LogP contribution is 2.22. The summed E-state index contributed by atoms with van der Waals surface area (Å²) in [7, 11) is 0. The van der Waals surface area contributed by atoms with Crippen LogP contribution in [0.1, 0.15) is 30.6 Å². The van der Waals surface area contributed by atoms with Crippen LogP contribution in [-0.4, -0.2) is 35.2 Å². The number of nitrogens with zero attached hydrogens (tertiary/aromatic N) is 1. The molecule has 0 radical (unpaired) electrons. The van der Waals surface area contributed by atoms with Gasteiger partial charge in [-0.1, -0.05) is 15.9 Å². The van der Waals surface area contributed by atoms with Crippen molar-refractivity contribution in [3.05, 3.63) is 58.6 Å². The molecule has 1 fully saturated rings. The Morgan fingerprint density at radius 2 is 1.57 bits per heavy atom. The summed E-state index contributed by atoms with van der Waals surface area (Å²) >= 11 is 3.35. The smallest absolute Gasteiger partial charge is 0.255 e. The van der Waals surface area contributed by atoms with E-state index in [1.165, 1.54) is 0 Å². The lowest BCUT2D eigenvalue weighted by Crippen LogP contribution is -2.33. The summed E-state index contributed by atoms with van der Waals surface area (Å²) in [5, 5.41) is 5.65. The van der Waals surface area contributed by atoms with E-state index in [-0.39, 0.29) is 36.1 Å². The average molecular weight is 444 g/mol. The highest BCUT2D eigenvalue weighted by molar-refractivity contribution is 9.10. The second-order valence-electron chi connectivity index (χ2n) is 7.07. The van der Waals surface area contributed by atoms with Crippen molar-refractivity contribution in [1.29, 1.82) is 0 Å². The van der Waals surface area contributed by atoms with Gasteiger partial charge in [0.1, 0.15) is 0 Å². The van der Waals surface area contributed by atoms with Gasteiger partial charge in [0.05, 0.1) is 5.92 Å². The molecule has 1 aliphatic heterocycles. The average Bonchev–Trinajstić information content (AvgIpc) is 3.06. The first kappa shape index (κ1) is 20.1. The Balaban J connectivity index is 1.58. The van der Waals surface area contributed by atoms with E-state index in [1.54, 1.807) is 41.3 Å². The molecule has 1 aliphatic rings. The summed E-state index contributed by atoms with van der Waals surface area (Å²) in [5.41, 5.74) is 1.79. The minimum Gasteiger partial charge on any atom is -0.339 e. The molecule has 28 heavy (non-hydrogen) atoms. The van der Waals surface area contributed by atoms with Gasteiger partial charge in [-0.25, -0.2) is 0 Å². The molecule has 2 N–H and O–H groups in total. The van der Waals surface area contributed by atoms with Crippen LogP contribution in [0.5, 0.6) is 0 Å². The van der Waals surface area contributed by atoms with Crippen molar-refractivity contribution in [3.8, 4) is 0 Å². The van der Waals surface area contributed by atoms with Crippen LogP contribution in [0.15, 0.2) is 53.0 Å². The van der Waals surface area contributed by atoms with Gasteiger partial charge in [0.2, 0.25) is 11.8 Å². The predicted molar refractivity (Wildman–Crippen MR) is 112 cm³/mol. The van der Waals surface area contributed by atoms with Gasteiger partial charge in [-0.05, 0) is 62.4 Å². The normalized spacial score (nSPS) is 16.4. The van der Waals surface area contributed by atoms with Crippen molar-refractivity contribution >= 4 is 45.0 Å². The summed E-state index contributed by atoms with van der Waals surface area (Å²) in [6.07, 6.45) is 0.234. The summed E-state index contributed by atoms with van der Waals surface area (Å²) < 4.78 is 0.936. The Labute approximate surface area is 172 Å². The van der Waals surface area contributed by atoms with Crippen LogP contribution < -0.4 is 10.6 Å². The number of anilines is 2. The molecule has 0 bridgehead atoms. The fourth-order valence-electron chi connectivity index (χ4n) is 3.09. The molecular formula is C21H22BrN3O3. The number of amides is 3. The van der Waals surface area contributed by atoms with Crippen LogP contribution in [-0.2, 0) is 9.59 Å². The molecule has 6 nitrogen and oxygen atoms in total. The maximum Gasteiger partial charge on any atom is 0.255 e. The number of hydrogen-bond donors (Lipinski definition) is 2. The summed E-state index contributed by atoms with van der Waals surface area (Å²) in [6, 6.07) is 14.1. The number of carbonyl (C=O) groups excluding carboxylic acids is 3. The Hall–Kier alpha value is -2.67. The topological polar surface area (TPSA) is 78.5 Å². The molecule has 1 atom stereocenters. The Morgan fingerprint density at radius 3 is 2.14 bits per heavy atom. The molecule has 0 saturated carbocycles. The Bertz CT molecular complexity index is 879. The molecule has 1 unspecified atom stereocenters. The number of hydrogen-bond acceptors (Lipinski definition) is 3. The summed E-state index contributed by atoms with van der Waals surface area (Å²) in [4.78, 5) is 38.5. The second kappa shape index (κ2) is 8.56. The predicted octanol–water partition coefficient (Wildman–Crippen LogP) is 3.90. The number of carbonyl (C=O) groups is 3. The van der Waals surface area contributed by atoms with Gasteiger partial charge in [0.15, 0.2) is 0 Å². The van der Waals surface area contributed by atoms with Gasteiger partial charge in [-0.15, -0.1) is 0 Å². The fraction of sp³-hybridized carbons (Fsp3) is 0.286. The highest BCUT2D eigenvalue weighted by Gasteiger charge is 2.35. The zero-order valence-electron chi connectivity index (χ0n) is 15.7. The molecule has 2 aromatic carbocycles. The van der Waals surface area contributed by atoms with Gasteiger partial charge < -0.3 is 15.5 Å². The van der Waals surface area contributed by atoms with E-state index < -0.39 is 0 Å². The standard InChI is InChI=1S/C21H22BrN3O3/c1-13(2)25-12-15(11-19(25)26)21(28)24-17-7-3-14(4-8-17)20(27)23-18-9-5-16(22)6-10-18/h3-10,13,15H,11-12H2,1-2H3,(H,23,27)(H,24,28). The maximum absolute atomic E-state index is 12.4. The maximum atomic E-state index is 12.4. The molecule has 3 amide bonds. The molecule has 0 aliphatic carbocycles. The lowest BCUT2D eigenvalue weighted by Gasteiger charge is -2.20. The van der Waals surface area contributed by atoms with E-state index in [1.807, 2.05) is 26.0 Å². The van der Waals surface area contributed by atoms with Gasteiger partial charge in [-0.2, -0.15) is 0 Å². The quantitative estimate of drug-likeness (QED) is 0.735. The van der Waals surface area contributed by atoms with Gasteiger partial charge in [-0.3, -0.25) is 14.4 Å². The molecule has 0 spiro atoms. The SMILES string of the molecule is CC(C)N1CC(C(=O)Nc2ccc(C(=O)Nc3ccc(Br)cc3)cc2)CC1=O. The van der Waals surface area contributed by atoms with E-state index in [2.05, 4.69) is 26.6 Å². The first-order chi connectivity index (χ1) is 13.3. The first-order valence-corrected chi connectivity index (χ1v) is 9.90. The van der Waals surface area contributed by atoms with Crippen LogP contribution in [0.4, 0.5) is 11.4 Å². The van der Waals surface area contributed by atoms with E-state index in [0.29, 0.717) is 23.5 Å². The molecule has 7 heteroatoms. The molecular weight excluding hydrogens is 422 g/mol. The third-order valence-corrected chi connectivity index (χ3v) is 5.20. The lowest BCUT2D eigenvalue weighted by molar-refractivity contribution is -0.129.